The first-order valence-corrected chi connectivity index (χ1v) is 10.7. The molecular formula is C20H19ClN2O3S. The summed E-state index contributed by atoms with van der Waals surface area (Å²) in [7, 11) is -3.24. The molecule has 0 aliphatic rings. The van der Waals surface area contributed by atoms with Crippen molar-refractivity contribution in [2.75, 3.05) is 6.26 Å². The maximum atomic E-state index is 11.6. The van der Waals surface area contributed by atoms with Gasteiger partial charge in [0.1, 0.15) is 11.6 Å². The van der Waals surface area contributed by atoms with E-state index in [-0.39, 0.29) is 11.5 Å². The normalized spacial score (nSPS) is 11.4. The van der Waals surface area contributed by atoms with Crippen molar-refractivity contribution in [3.8, 4) is 17.1 Å². The van der Waals surface area contributed by atoms with Crippen LogP contribution in [-0.2, 0) is 22.9 Å². The Morgan fingerprint density at radius 1 is 1.11 bits per heavy atom. The minimum Gasteiger partial charge on any atom is -0.470 e. The van der Waals surface area contributed by atoms with Crippen molar-refractivity contribution in [1.82, 2.24) is 9.97 Å². The van der Waals surface area contributed by atoms with Gasteiger partial charge in [-0.25, -0.2) is 13.4 Å². The van der Waals surface area contributed by atoms with E-state index in [9.17, 15) is 8.42 Å². The molecule has 0 unspecified atom stereocenters. The lowest BCUT2D eigenvalue weighted by Gasteiger charge is -2.12. The Labute approximate surface area is 163 Å². The van der Waals surface area contributed by atoms with Gasteiger partial charge in [-0.15, -0.1) is 0 Å². The average molecular weight is 403 g/mol. The van der Waals surface area contributed by atoms with Gasteiger partial charge in [0.15, 0.2) is 9.84 Å². The standard InChI is InChI=1S/C20H19ClN2O3S/c1-3-14-12-18(15-7-9-17(10-8-15)27(2,24)25)23-20(19(14)21)26-13-16-6-4-5-11-22-16/h4-12H,3,13H2,1-2H3. The van der Waals surface area contributed by atoms with Gasteiger partial charge in [0.25, 0.3) is 0 Å². The lowest BCUT2D eigenvalue weighted by atomic mass is 10.1. The van der Waals surface area contributed by atoms with Crippen LogP contribution in [0.4, 0.5) is 0 Å². The number of pyridine rings is 2. The summed E-state index contributed by atoms with van der Waals surface area (Å²) in [5.41, 5.74) is 3.14. The van der Waals surface area contributed by atoms with Crippen LogP contribution in [0.15, 0.2) is 59.6 Å². The van der Waals surface area contributed by atoms with E-state index in [0.29, 0.717) is 16.6 Å². The third kappa shape index (κ3) is 4.64. The zero-order valence-electron chi connectivity index (χ0n) is 15.0. The van der Waals surface area contributed by atoms with Crippen LogP contribution in [0.25, 0.3) is 11.3 Å². The average Bonchev–Trinajstić information content (AvgIpc) is 2.67. The Bertz CT molecular complexity index is 1040. The summed E-state index contributed by atoms with van der Waals surface area (Å²) in [6, 6.07) is 14.1. The second kappa shape index (κ2) is 8.06. The largest absolute Gasteiger partial charge is 0.470 e. The molecule has 5 nitrogen and oxygen atoms in total. The number of aromatic nitrogens is 2. The van der Waals surface area contributed by atoms with E-state index in [0.717, 1.165) is 23.2 Å². The first-order chi connectivity index (χ1) is 12.9. The Balaban J connectivity index is 1.94. The Hall–Kier alpha value is -2.44. The van der Waals surface area contributed by atoms with Gasteiger partial charge in [-0.1, -0.05) is 36.7 Å². The van der Waals surface area contributed by atoms with Gasteiger partial charge in [-0.05, 0) is 42.3 Å². The highest BCUT2D eigenvalue weighted by Gasteiger charge is 2.14. The van der Waals surface area contributed by atoms with Crippen LogP contribution in [0.5, 0.6) is 5.88 Å². The molecule has 0 fully saturated rings. The fourth-order valence-electron chi connectivity index (χ4n) is 2.56. The molecule has 2 heterocycles. The predicted octanol–water partition coefficient (Wildman–Crippen LogP) is 4.34. The Kier molecular flexibility index (Phi) is 5.77. The molecule has 0 N–H and O–H groups in total. The number of benzene rings is 1. The van der Waals surface area contributed by atoms with Crippen molar-refractivity contribution >= 4 is 21.4 Å². The second-order valence-electron chi connectivity index (χ2n) is 6.05. The number of hydrogen-bond acceptors (Lipinski definition) is 5. The van der Waals surface area contributed by atoms with Gasteiger partial charge in [-0.2, -0.15) is 0 Å². The fraction of sp³-hybridized carbons (Fsp3) is 0.200. The zero-order chi connectivity index (χ0) is 19.4. The van der Waals surface area contributed by atoms with Crippen LogP contribution in [-0.4, -0.2) is 24.6 Å². The van der Waals surface area contributed by atoms with Crippen LogP contribution in [0, 0.1) is 0 Å². The fourth-order valence-corrected chi connectivity index (χ4v) is 3.47. The summed E-state index contributed by atoms with van der Waals surface area (Å²) in [5.74, 6) is 0.337. The van der Waals surface area contributed by atoms with Crippen molar-refractivity contribution in [2.45, 2.75) is 24.8 Å². The van der Waals surface area contributed by atoms with E-state index >= 15 is 0 Å². The first-order valence-electron chi connectivity index (χ1n) is 8.41. The van der Waals surface area contributed by atoms with Crippen LogP contribution < -0.4 is 4.74 Å². The second-order valence-corrected chi connectivity index (χ2v) is 8.44. The Morgan fingerprint density at radius 2 is 1.85 bits per heavy atom. The molecule has 3 aromatic rings. The number of sulfone groups is 1. The number of hydrogen-bond donors (Lipinski definition) is 0. The number of ether oxygens (including phenoxy) is 1. The maximum absolute atomic E-state index is 11.6. The molecule has 2 aromatic heterocycles. The molecule has 7 heteroatoms. The number of rotatable bonds is 6. The van der Waals surface area contributed by atoms with Gasteiger partial charge in [0, 0.05) is 18.0 Å². The molecule has 0 saturated heterocycles. The molecule has 0 atom stereocenters. The van der Waals surface area contributed by atoms with Gasteiger partial charge < -0.3 is 4.74 Å². The summed E-state index contributed by atoms with van der Waals surface area (Å²) >= 11 is 6.43. The molecular weight excluding hydrogens is 384 g/mol. The van der Waals surface area contributed by atoms with E-state index in [4.69, 9.17) is 16.3 Å². The molecule has 3 rings (SSSR count). The lowest BCUT2D eigenvalue weighted by molar-refractivity contribution is 0.289. The van der Waals surface area contributed by atoms with Crippen LogP contribution >= 0.6 is 11.6 Å². The number of halogens is 1. The smallest absolute Gasteiger partial charge is 0.233 e. The van der Waals surface area contributed by atoms with E-state index in [1.807, 2.05) is 31.2 Å². The topological polar surface area (TPSA) is 69.2 Å². The summed E-state index contributed by atoms with van der Waals surface area (Å²) in [4.78, 5) is 9.02. The van der Waals surface area contributed by atoms with Gasteiger partial charge in [0.2, 0.25) is 5.88 Å². The van der Waals surface area contributed by atoms with Crippen molar-refractivity contribution < 1.29 is 13.2 Å². The summed E-state index contributed by atoms with van der Waals surface area (Å²) < 4.78 is 29.1. The molecule has 27 heavy (non-hydrogen) atoms. The van der Waals surface area contributed by atoms with Crippen molar-refractivity contribution in [3.63, 3.8) is 0 Å². The molecule has 0 amide bonds. The highest BCUT2D eigenvalue weighted by atomic mass is 35.5. The number of aryl methyl sites for hydroxylation is 1. The monoisotopic (exact) mass is 402 g/mol. The molecule has 0 bridgehead atoms. The molecule has 1 aromatic carbocycles. The van der Waals surface area contributed by atoms with Crippen molar-refractivity contribution in [2.24, 2.45) is 0 Å². The maximum Gasteiger partial charge on any atom is 0.233 e. The quantitative estimate of drug-likeness (QED) is 0.613. The van der Waals surface area contributed by atoms with E-state index in [1.54, 1.807) is 30.5 Å². The minimum absolute atomic E-state index is 0.257. The zero-order valence-corrected chi connectivity index (χ0v) is 16.6. The summed E-state index contributed by atoms with van der Waals surface area (Å²) in [6.45, 7) is 2.26. The highest BCUT2D eigenvalue weighted by Crippen LogP contribution is 2.32. The third-order valence-electron chi connectivity index (χ3n) is 4.04. The number of nitrogens with zero attached hydrogens (tertiary/aromatic N) is 2. The molecule has 0 aliphatic heterocycles. The lowest BCUT2D eigenvalue weighted by Crippen LogP contribution is -2.02. The van der Waals surface area contributed by atoms with Gasteiger partial charge in [-0.3, -0.25) is 4.98 Å². The SMILES string of the molecule is CCc1cc(-c2ccc(S(C)(=O)=O)cc2)nc(OCc2ccccn2)c1Cl. The molecule has 0 spiro atoms. The van der Waals surface area contributed by atoms with Crippen LogP contribution in [0.3, 0.4) is 0 Å². The van der Waals surface area contributed by atoms with Crippen LogP contribution in [0.1, 0.15) is 18.2 Å². The molecule has 0 radical (unpaired) electrons. The van der Waals surface area contributed by atoms with Gasteiger partial charge >= 0.3 is 0 Å². The summed E-state index contributed by atoms with van der Waals surface area (Å²) in [5, 5.41) is 0.477. The predicted molar refractivity (Wildman–Crippen MR) is 106 cm³/mol. The molecule has 0 aliphatic carbocycles. The highest BCUT2D eigenvalue weighted by molar-refractivity contribution is 7.90. The van der Waals surface area contributed by atoms with Crippen molar-refractivity contribution in [3.05, 3.63) is 71.0 Å². The van der Waals surface area contributed by atoms with Crippen LogP contribution in [0.2, 0.25) is 5.02 Å². The van der Waals surface area contributed by atoms with E-state index < -0.39 is 9.84 Å². The summed E-state index contributed by atoms with van der Waals surface area (Å²) in [6.07, 6.45) is 3.60. The van der Waals surface area contributed by atoms with E-state index in [1.165, 1.54) is 6.26 Å². The molecule has 0 saturated carbocycles. The van der Waals surface area contributed by atoms with Gasteiger partial charge in [0.05, 0.1) is 16.3 Å². The van der Waals surface area contributed by atoms with Crippen molar-refractivity contribution in [1.29, 1.82) is 0 Å². The van der Waals surface area contributed by atoms with E-state index in [2.05, 4.69) is 9.97 Å². The molecule has 140 valence electrons. The minimum atomic E-state index is -3.24. The first kappa shape index (κ1) is 19.3. The Morgan fingerprint density at radius 3 is 2.44 bits per heavy atom. The third-order valence-corrected chi connectivity index (χ3v) is 5.58.